The van der Waals surface area contributed by atoms with Crippen LogP contribution in [0.25, 0.3) is 21.5 Å². The molecule has 2 unspecified atom stereocenters. The number of fused-ring (bicyclic) bond motifs is 4. The van der Waals surface area contributed by atoms with Gasteiger partial charge in [-0.15, -0.1) is 0 Å². The molecule has 1 aliphatic carbocycles. The molecule has 18 nitrogen and oxygen atoms in total. The quantitative estimate of drug-likeness (QED) is 0.0882. The lowest BCUT2D eigenvalue weighted by atomic mass is 10.0. The molecule has 6 heterocycles. The lowest BCUT2D eigenvalue weighted by Crippen LogP contribution is -3.05. The van der Waals surface area contributed by atoms with Crippen molar-refractivity contribution in [2.45, 2.75) is 77.0 Å². The van der Waals surface area contributed by atoms with Crippen LogP contribution in [-0.4, -0.2) is 105 Å². The molecule has 4 aliphatic rings. The summed E-state index contributed by atoms with van der Waals surface area (Å²) in [4.78, 5) is 54.1. The lowest BCUT2D eigenvalue weighted by molar-refractivity contribution is -0.874. The van der Waals surface area contributed by atoms with E-state index in [4.69, 9.17) is 17.5 Å². The summed E-state index contributed by atoms with van der Waals surface area (Å²) in [7, 11) is -6.92. The number of aromatic nitrogens is 5. The molecule has 2 atom stereocenters. The van der Waals surface area contributed by atoms with Crippen LogP contribution in [0.3, 0.4) is 0 Å². The van der Waals surface area contributed by atoms with Crippen molar-refractivity contribution in [1.82, 2.24) is 34.8 Å². The topological polar surface area (TPSA) is 248 Å². The van der Waals surface area contributed by atoms with Crippen molar-refractivity contribution >= 4 is 64.9 Å². The van der Waals surface area contributed by atoms with Crippen LogP contribution in [0.15, 0.2) is 159 Å². The van der Waals surface area contributed by atoms with Gasteiger partial charge in [-0.25, -0.2) is 31.6 Å². The minimum atomic E-state index is -3.92. The number of nitrogens with one attached hydrogen (secondary N) is 3. The van der Waals surface area contributed by atoms with E-state index in [1.54, 1.807) is 88.7 Å². The Kier molecular flexibility index (Phi) is 17.4. The molecule has 0 radical (unpaired) electrons. The Labute approximate surface area is 460 Å². The van der Waals surface area contributed by atoms with Crippen molar-refractivity contribution in [3.05, 3.63) is 217 Å². The average Bonchev–Trinajstić information content (AvgIpc) is 3.78. The highest BCUT2D eigenvalue weighted by atomic mass is 32.2. The largest absolute Gasteiger partial charge is 0.748 e. The van der Waals surface area contributed by atoms with Crippen LogP contribution < -0.4 is 16.1 Å². The molecular weight excluding hydrogens is 1070 g/mol. The molecular formula is C58H59F2N9O9S2. The molecule has 0 spiro atoms. The fraction of sp³-hybridized carbons (Fsp3) is 0.241. The number of aromatic amines is 2. The predicted molar refractivity (Wildman–Crippen MR) is 302 cm³/mol. The predicted octanol–water partition coefficient (Wildman–Crippen LogP) is 6.63. The van der Waals surface area contributed by atoms with E-state index in [-0.39, 0.29) is 41.5 Å². The monoisotopic (exact) mass is 1130 g/mol. The highest BCUT2D eigenvalue weighted by Crippen LogP contribution is 2.39. The van der Waals surface area contributed by atoms with Gasteiger partial charge in [0.25, 0.3) is 22.9 Å². The maximum atomic E-state index is 14.7. The number of quaternary nitrogens is 1. The van der Waals surface area contributed by atoms with Crippen molar-refractivity contribution in [2.75, 3.05) is 19.3 Å². The van der Waals surface area contributed by atoms with Gasteiger partial charge in [-0.05, 0) is 104 Å². The Morgan fingerprint density at radius 1 is 0.725 bits per heavy atom. The van der Waals surface area contributed by atoms with Crippen molar-refractivity contribution in [2.24, 2.45) is 5.10 Å². The first-order chi connectivity index (χ1) is 37.6. The summed E-state index contributed by atoms with van der Waals surface area (Å²) < 4.78 is 78.5. The number of likely N-dealkylation sites (tertiary alicyclic amines) is 1. The van der Waals surface area contributed by atoms with Gasteiger partial charge in [-0.1, -0.05) is 79.3 Å². The number of H-pyrrole nitrogens is 2. The maximum absolute atomic E-state index is 14.7. The molecule has 1 saturated heterocycles. The van der Waals surface area contributed by atoms with Crippen LogP contribution in [0.4, 0.5) is 8.78 Å². The van der Waals surface area contributed by atoms with Gasteiger partial charge < -0.3 is 23.5 Å². The van der Waals surface area contributed by atoms with E-state index >= 15 is 0 Å². The van der Waals surface area contributed by atoms with Gasteiger partial charge in [-0.3, -0.25) is 19.2 Å². The van der Waals surface area contributed by atoms with E-state index in [1.165, 1.54) is 30.7 Å². The zero-order valence-corrected chi connectivity index (χ0v) is 44.8. The van der Waals surface area contributed by atoms with Crippen LogP contribution >= 0.6 is 0 Å². The number of hydrogen-bond acceptors (Lipinski definition) is 11. The fourth-order valence-electron chi connectivity index (χ4n) is 9.47. The van der Waals surface area contributed by atoms with Crippen molar-refractivity contribution in [3.63, 3.8) is 0 Å². The Hall–Kier alpha value is -8.28. The first kappa shape index (κ1) is 57.9. The smallest absolute Gasteiger partial charge is 0.272 e. The van der Waals surface area contributed by atoms with Crippen LogP contribution in [-0.2, 0) is 45.9 Å². The lowest BCUT2D eigenvalue weighted by Gasteiger charge is -2.17. The number of benzene rings is 5. The summed E-state index contributed by atoms with van der Waals surface area (Å²) >= 11 is 0. The SMILES string of the molecule is C.C=S(=O)(O)c1ccccc1.CC(C)[NH+]1C=C2CN(C(=O)c3cc(Cc4n[nH]c(=O)c5ccccc45)ccc3F)CC2=N1.CS(=O)(=O)[O-].O=C(c1cc(Cc2n[nH]c(=O)c3ccccc23)ccc1F)N1Cc2ccn(C3CC3)c2C1. The second kappa shape index (κ2) is 24.0. The number of amides is 2. The van der Waals surface area contributed by atoms with Gasteiger partial charge in [0.05, 0.1) is 73.5 Å². The zero-order chi connectivity index (χ0) is 56.3. The summed E-state index contributed by atoms with van der Waals surface area (Å²) in [5.41, 5.74) is 6.68. The molecule has 12 rings (SSSR count). The average molecular weight is 1130 g/mol. The van der Waals surface area contributed by atoms with E-state index in [0.29, 0.717) is 84.4 Å². The van der Waals surface area contributed by atoms with Gasteiger partial charge in [0, 0.05) is 54.3 Å². The van der Waals surface area contributed by atoms with E-state index < -0.39 is 31.6 Å². The van der Waals surface area contributed by atoms with Crippen LogP contribution in [0.5, 0.6) is 0 Å². The summed E-state index contributed by atoms with van der Waals surface area (Å²) in [6.45, 7) is 6.00. The summed E-state index contributed by atoms with van der Waals surface area (Å²) in [5.74, 6) is 1.38. The zero-order valence-electron chi connectivity index (χ0n) is 43.2. The van der Waals surface area contributed by atoms with Crippen LogP contribution in [0, 0.1) is 11.6 Å². The molecule has 5 aromatic carbocycles. The standard InChI is InChI=1S/C25H21FN4O2.C24H22FN5O2.C7H8O2S.CH4O3S.CH4/c26-21-8-5-15(12-22-18-3-1-2-4-19(18)24(31)28-27-22)11-20(21)25(32)29-13-16-9-10-30(17-6-7-17)23(16)14-29;1-14(2)30-12-16-11-29(13-22(16)28-30)24(32)19-9-15(7-8-20(19)25)10-21-17-5-3-4-6-18(17)23(31)27-26-21;1-10(8,9)7-5-3-2-4-6-7;1-5(2,3)4;/h1-5,8-11,17H,6-7,12-14H2,(H,28,31);3-9,12,14H,10-11,13H2,1-2H3,(H,27,31);2-6H,1H2,(H,8,9);1H3,(H,2,3,4);1H4. The Morgan fingerprint density at radius 2 is 1.20 bits per heavy atom. The van der Waals surface area contributed by atoms with Crippen molar-refractivity contribution < 1.29 is 45.1 Å². The minimum Gasteiger partial charge on any atom is -0.748 e. The Bertz CT molecular complexity index is 4050. The van der Waals surface area contributed by atoms with Crippen molar-refractivity contribution in [3.8, 4) is 0 Å². The minimum absolute atomic E-state index is 0. The van der Waals surface area contributed by atoms with Gasteiger partial charge in [0.2, 0.25) is 0 Å². The van der Waals surface area contributed by atoms with E-state index in [2.05, 4.69) is 62.0 Å². The molecule has 22 heteroatoms. The molecule has 8 aromatic rings. The van der Waals surface area contributed by atoms with Gasteiger partial charge >= 0.3 is 0 Å². The second-order valence-corrected chi connectivity index (χ2v) is 22.9. The molecule has 2 fully saturated rings. The summed E-state index contributed by atoms with van der Waals surface area (Å²) in [5, 5.41) is 21.7. The summed E-state index contributed by atoms with van der Waals surface area (Å²) in [6, 6.07) is 34.9. The number of carbonyl (C=O) groups excluding carboxylic acids is 2. The fourth-order valence-corrected chi connectivity index (χ4v) is 10.1. The Balaban J connectivity index is 0.000000166. The number of halogens is 2. The molecule has 416 valence electrons. The van der Waals surface area contributed by atoms with E-state index in [1.807, 2.05) is 30.5 Å². The van der Waals surface area contributed by atoms with E-state index in [0.717, 1.165) is 43.8 Å². The third-order valence-corrected chi connectivity index (χ3v) is 14.5. The molecule has 2 amide bonds. The maximum Gasteiger partial charge on any atom is 0.272 e. The van der Waals surface area contributed by atoms with Gasteiger partial charge in [-0.2, -0.15) is 15.2 Å². The molecule has 80 heavy (non-hydrogen) atoms. The van der Waals surface area contributed by atoms with E-state index in [9.17, 15) is 32.2 Å². The van der Waals surface area contributed by atoms with Crippen LogP contribution in [0.1, 0.15) is 94.6 Å². The van der Waals surface area contributed by atoms with Crippen LogP contribution in [0.2, 0.25) is 0 Å². The first-order valence-corrected chi connectivity index (χ1v) is 28.6. The molecule has 3 aromatic heterocycles. The highest BCUT2D eigenvalue weighted by molar-refractivity contribution is 7.95. The molecule has 1 saturated carbocycles. The van der Waals surface area contributed by atoms with Crippen molar-refractivity contribution in [1.29, 1.82) is 0 Å². The third-order valence-electron chi connectivity index (χ3n) is 13.5. The molecule has 4 N–H and O–H groups in total. The first-order valence-electron chi connectivity index (χ1n) is 25.1. The third kappa shape index (κ3) is 13.6. The second-order valence-electron chi connectivity index (χ2n) is 19.8. The number of nitrogens with zero attached hydrogens (tertiary/aromatic N) is 6. The van der Waals surface area contributed by atoms with Gasteiger partial charge in [0.1, 0.15) is 39.4 Å². The number of carbonyl (C=O) groups is 2. The van der Waals surface area contributed by atoms with Gasteiger partial charge in [0.15, 0.2) is 0 Å². The molecule has 0 bridgehead atoms. The summed E-state index contributed by atoms with van der Waals surface area (Å²) in [6.07, 6.45) is 7.85. The number of rotatable bonds is 9. The highest BCUT2D eigenvalue weighted by Gasteiger charge is 2.36. The Morgan fingerprint density at radius 3 is 1.65 bits per heavy atom. The molecule has 3 aliphatic heterocycles. The number of hydrogen-bond donors (Lipinski definition) is 4. The normalized spacial score (nSPS) is 15.9.